The van der Waals surface area contributed by atoms with Gasteiger partial charge in [-0.05, 0) is 24.8 Å². The van der Waals surface area contributed by atoms with Gasteiger partial charge in [-0.15, -0.1) is 11.3 Å². The van der Waals surface area contributed by atoms with Gasteiger partial charge in [0, 0.05) is 24.1 Å². The predicted molar refractivity (Wildman–Crippen MR) is 95.0 cm³/mol. The molecule has 1 aromatic heterocycles. The van der Waals surface area contributed by atoms with Crippen molar-refractivity contribution in [3.8, 4) is 10.6 Å². The molecule has 1 atom stereocenters. The summed E-state index contributed by atoms with van der Waals surface area (Å²) < 4.78 is 0. The number of aromatic nitrogens is 1. The standard InChI is InChI=1S/C17H21ClN2O2S/c1-2-5-12(8-9-21)10-19-16(22)15-11-23-17(20-15)13-6-3-4-7-14(13)18/h3-4,6-7,11-12,21H,2,5,8-10H2,1H3,(H,19,22). The van der Waals surface area contributed by atoms with E-state index in [1.165, 1.54) is 11.3 Å². The zero-order valence-electron chi connectivity index (χ0n) is 13.1. The summed E-state index contributed by atoms with van der Waals surface area (Å²) in [4.78, 5) is 16.6. The lowest BCUT2D eigenvalue weighted by molar-refractivity contribution is 0.0938. The van der Waals surface area contributed by atoms with Crippen LogP contribution in [0.2, 0.25) is 5.02 Å². The molecule has 0 spiro atoms. The molecule has 2 rings (SSSR count). The van der Waals surface area contributed by atoms with E-state index in [9.17, 15) is 4.79 Å². The Bertz CT molecular complexity index is 639. The highest BCUT2D eigenvalue weighted by Crippen LogP contribution is 2.30. The van der Waals surface area contributed by atoms with Crippen molar-refractivity contribution >= 4 is 28.8 Å². The van der Waals surface area contributed by atoms with Gasteiger partial charge in [-0.3, -0.25) is 4.79 Å². The number of aliphatic hydroxyl groups excluding tert-OH is 1. The van der Waals surface area contributed by atoms with Gasteiger partial charge in [0.05, 0.1) is 5.02 Å². The van der Waals surface area contributed by atoms with Crippen molar-refractivity contribution in [2.24, 2.45) is 5.92 Å². The molecule has 0 aliphatic heterocycles. The molecule has 0 bridgehead atoms. The van der Waals surface area contributed by atoms with Crippen molar-refractivity contribution in [3.63, 3.8) is 0 Å². The first-order valence-corrected chi connectivity index (χ1v) is 9.01. The monoisotopic (exact) mass is 352 g/mol. The number of hydrogen-bond acceptors (Lipinski definition) is 4. The molecule has 1 heterocycles. The average Bonchev–Trinajstić information content (AvgIpc) is 3.03. The second-order valence-corrected chi connectivity index (χ2v) is 6.66. The first kappa shape index (κ1) is 17.9. The van der Waals surface area contributed by atoms with E-state index in [0.29, 0.717) is 29.6 Å². The van der Waals surface area contributed by atoms with Gasteiger partial charge < -0.3 is 10.4 Å². The van der Waals surface area contributed by atoms with E-state index in [2.05, 4.69) is 17.2 Å². The van der Waals surface area contributed by atoms with Gasteiger partial charge in [0.15, 0.2) is 0 Å². The van der Waals surface area contributed by atoms with Crippen LogP contribution < -0.4 is 5.32 Å². The number of nitrogens with one attached hydrogen (secondary N) is 1. The van der Waals surface area contributed by atoms with Gasteiger partial charge >= 0.3 is 0 Å². The van der Waals surface area contributed by atoms with Crippen LogP contribution in [0.1, 0.15) is 36.7 Å². The van der Waals surface area contributed by atoms with E-state index in [0.717, 1.165) is 23.4 Å². The van der Waals surface area contributed by atoms with Crippen LogP contribution in [-0.4, -0.2) is 29.1 Å². The number of carbonyl (C=O) groups is 1. The van der Waals surface area contributed by atoms with Gasteiger partial charge in [-0.2, -0.15) is 0 Å². The lowest BCUT2D eigenvalue weighted by Gasteiger charge is -2.15. The summed E-state index contributed by atoms with van der Waals surface area (Å²) in [5.74, 6) is 0.120. The fraction of sp³-hybridized carbons (Fsp3) is 0.412. The number of benzene rings is 1. The minimum Gasteiger partial charge on any atom is -0.396 e. The molecule has 1 aromatic carbocycles. The molecule has 1 unspecified atom stereocenters. The van der Waals surface area contributed by atoms with Crippen LogP contribution in [0, 0.1) is 5.92 Å². The lowest BCUT2D eigenvalue weighted by atomic mass is 10.0. The number of amides is 1. The smallest absolute Gasteiger partial charge is 0.270 e. The van der Waals surface area contributed by atoms with Crippen molar-refractivity contribution < 1.29 is 9.90 Å². The normalized spacial score (nSPS) is 12.1. The number of aliphatic hydroxyl groups is 1. The van der Waals surface area contributed by atoms with Crippen molar-refractivity contribution in [3.05, 3.63) is 40.4 Å². The van der Waals surface area contributed by atoms with E-state index in [1.807, 2.05) is 24.3 Å². The van der Waals surface area contributed by atoms with Crippen LogP contribution in [0.25, 0.3) is 10.6 Å². The summed E-state index contributed by atoms with van der Waals surface area (Å²) in [6, 6.07) is 7.46. The maximum Gasteiger partial charge on any atom is 0.270 e. The van der Waals surface area contributed by atoms with Crippen LogP contribution in [0.15, 0.2) is 29.6 Å². The number of hydrogen-bond donors (Lipinski definition) is 2. The minimum atomic E-state index is -0.182. The molecule has 0 aliphatic carbocycles. The molecule has 2 N–H and O–H groups in total. The molecule has 0 saturated carbocycles. The Morgan fingerprint density at radius 3 is 2.87 bits per heavy atom. The fourth-order valence-corrected chi connectivity index (χ4v) is 3.52. The Hall–Kier alpha value is -1.43. The predicted octanol–water partition coefficient (Wildman–Crippen LogP) is 3.99. The van der Waals surface area contributed by atoms with Crippen molar-refractivity contribution in [2.75, 3.05) is 13.2 Å². The third-order valence-corrected chi connectivity index (χ3v) is 4.83. The van der Waals surface area contributed by atoms with Crippen LogP contribution in [0.4, 0.5) is 0 Å². The quantitative estimate of drug-likeness (QED) is 0.755. The molecule has 6 heteroatoms. The maximum atomic E-state index is 12.2. The Morgan fingerprint density at radius 2 is 2.17 bits per heavy atom. The summed E-state index contributed by atoms with van der Waals surface area (Å²) in [5, 5.41) is 15.1. The molecule has 1 amide bonds. The van der Waals surface area contributed by atoms with E-state index in [4.69, 9.17) is 16.7 Å². The third kappa shape index (κ3) is 5.03. The minimum absolute atomic E-state index is 0.147. The van der Waals surface area contributed by atoms with Gasteiger partial charge in [0.1, 0.15) is 10.7 Å². The first-order chi connectivity index (χ1) is 11.2. The summed E-state index contributed by atoms with van der Waals surface area (Å²) in [7, 11) is 0. The third-order valence-electron chi connectivity index (χ3n) is 3.63. The van der Waals surface area contributed by atoms with Gasteiger partial charge in [0.2, 0.25) is 0 Å². The number of nitrogens with zero attached hydrogens (tertiary/aromatic N) is 1. The van der Waals surface area contributed by atoms with Crippen molar-refractivity contribution in [1.82, 2.24) is 10.3 Å². The Labute approximate surface area is 145 Å². The number of rotatable bonds is 8. The number of thiazole rings is 1. The Balaban J connectivity index is 2.00. The largest absolute Gasteiger partial charge is 0.396 e. The number of halogens is 1. The zero-order chi connectivity index (χ0) is 16.7. The second-order valence-electron chi connectivity index (χ2n) is 5.39. The topological polar surface area (TPSA) is 62.2 Å². The molecule has 4 nitrogen and oxygen atoms in total. The Kier molecular flexibility index (Phi) is 7.02. The van der Waals surface area contributed by atoms with E-state index in [-0.39, 0.29) is 12.5 Å². The highest BCUT2D eigenvalue weighted by molar-refractivity contribution is 7.13. The van der Waals surface area contributed by atoms with Crippen molar-refractivity contribution in [2.45, 2.75) is 26.2 Å². The molecule has 23 heavy (non-hydrogen) atoms. The molecule has 0 aliphatic rings. The maximum absolute atomic E-state index is 12.2. The molecule has 0 fully saturated rings. The highest BCUT2D eigenvalue weighted by Gasteiger charge is 2.15. The van der Waals surface area contributed by atoms with E-state index >= 15 is 0 Å². The van der Waals surface area contributed by atoms with Crippen LogP contribution in [0.3, 0.4) is 0 Å². The fourth-order valence-electron chi connectivity index (χ4n) is 2.40. The van der Waals surface area contributed by atoms with Crippen LogP contribution >= 0.6 is 22.9 Å². The SMILES string of the molecule is CCCC(CCO)CNC(=O)c1csc(-c2ccccc2Cl)n1. The molecular weight excluding hydrogens is 332 g/mol. The first-order valence-electron chi connectivity index (χ1n) is 7.75. The lowest BCUT2D eigenvalue weighted by Crippen LogP contribution is -2.30. The molecular formula is C17H21ClN2O2S. The van der Waals surface area contributed by atoms with Gasteiger partial charge in [-0.25, -0.2) is 4.98 Å². The van der Waals surface area contributed by atoms with Gasteiger partial charge in [-0.1, -0.05) is 43.1 Å². The van der Waals surface area contributed by atoms with E-state index in [1.54, 1.807) is 5.38 Å². The number of carbonyl (C=O) groups excluding carboxylic acids is 1. The molecule has 124 valence electrons. The average molecular weight is 353 g/mol. The highest BCUT2D eigenvalue weighted by atomic mass is 35.5. The van der Waals surface area contributed by atoms with Crippen molar-refractivity contribution in [1.29, 1.82) is 0 Å². The molecule has 2 aromatic rings. The van der Waals surface area contributed by atoms with Crippen LogP contribution in [0.5, 0.6) is 0 Å². The molecule has 0 radical (unpaired) electrons. The summed E-state index contributed by atoms with van der Waals surface area (Å²) in [5.41, 5.74) is 1.24. The second kappa shape index (κ2) is 9.01. The summed E-state index contributed by atoms with van der Waals surface area (Å²) >= 11 is 7.57. The van der Waals surface area contributed by atoms with E-state index < -0.39 is 0 Å². The van der Waals surface area contributed by atoms with Crippen LogP contribution in [-0.2, 0) is 0 Å². The Morgan fingerprint density at radius 1 is 1.39 bits per heavy atom. The summed E-state index contributed by atoms with van der Waals surface area (Å²) in [6.45, 7) is 2.81. The zero-order valence-corrected chi connectivity index (χ0v) is 14.7. The van der Waals surface area contributed by atoms with Gasteiger partial charge in [0.25, 0.3) is 5.91 Å². The summed E-state index contributed by atoms with van der Waals surface area (Å²) in [6.07, 6.45) is 2.73. The molecule has 0 saturated heterocycles.